The van der Waals surface area contributed by atoms with Gasteiger partial charge in [-0.25, -0.2) is 8.42 Å². The van der Waals surface area contributed by atoms with Gasteiger partial charge >= 0.3 is 0 Å². The first-order valence-corrected chi connectivity index (χ1v) is 27.4. The minimum absolute atomic E-state index is 0.359. The predicted molar refractivity (Wildman–Crippen MR) is 306 cm³/mol. The van der Waals surface area contributed by atoms with E-state index in [9.17, 15) is 8.42 Å². The van der Waals surface area contributed by atoms with E-state index in [-0.39, 0.29) is 0 Å². The van der Waals surface area contributed by atoms with Crippen LogP contribution in [0.3, 0.4) is 0 Å². The van der Waals surface area contributed by atoms with Crippen LogP contribution in [0.5, 0.6) is 0 Å². The van der Waals surface area contributed by atoms with E-state index in [1.165, 1.54) is 33.4 Å². The average molecular weight is 1000 g/mol. The zero-order chi connectivity index (χ0) is 50.1. The highest BCUT2D eigenvalue weighted by molar-refractivity contribution is 7.79. The molecule has 2 atom stereocenters. The third-order valence-corrected chi connectivity index (χ3v) is 16.1. The maximum atomic E-state index is 12.0. The Bertz CT molecular complexity index is 3470. The molecule has 2 aliphatic heterocycles. The molecule has 10 aromatic rings. The highest BCUT2D eigenvalue weighted by Crippen LogP contribution is 2.42. The number of rotatable bonds is 11. The Morgan fingerprint density at radius 2 is 0.622 bits per heavy atom. The van der Waals surface area contributed by atoms with Crippen molar-refractivity contribution in [3.05, 3.63) is 264 Å². The third kappa shape index (κ3) is 9.69. The molecule has 0 bridgehead atoms. The molecule has 6 nitrogen and oxygen atoms in total. The summed E-state index contributed by atoms with van der Waals surface area (Å²) in [4.78, 5) is 4.65. The van der Waals surface area contributed by atoms with Gasteiger partial charge in [0.25, 0.3) is 0 Å². The lowest BCUT2D eigenvalue weighted by Crippen LogP contribution is -2.11. The molecule has 0 aromatic heterocycles. The van der Waals surface area contributed by atoms with Gasteiger partial charge in [-0.3, -0.25) is 8.37 Å². The first-order valence-electron chi connectivity index (χ1n) is 24.9. The molecule has 0 saturated carbocycles. The van der Waals surface area contributed by atoms with Crippen molar-refractivity contribution >= 4 is 56.3 Å². The van der Waals surface area contributed by atoms with Crippen LogP contribution in [-0.4, -0.2) is 8.42 Å². The minimum atomic E-state index is -1.27. The van der Waals surface area contributed by atoms with Gasteiger partial charge in [0.15, 0.2) is 22.2 Å². The van der Waals surface area contributed by atoms with Gasteiger partial charge in [-0.2, -0.15) is 0 Å². The van der Waals surface area contributed by atoms with Crippen LogP contribution in [-0.2, 0) is 55.2 Å². The lowest BCUT2D eigenvalue weighted by Gasteiger charge is -2.27. The number of nitrogens with zero attached hydrogens (tertiary/aromatic N) is 2. The molecule has 12 rings (SSSR count). The summed E-state index contributed by atoms with van der Waals surface area (Å²) >= 11 is -2.54. The van der Waals surface area contributed by atoms with Crippen molar-refractivity contribution in [2.24, 2.45) is 0 Å². The molecule has 74 heavy (non-hydrogen) atoms. The van der Waals surface area contributed by atoms with E-state index in [1.807, 2.05) is 0 Å². The topological polar surface area (TPSA) is 59.1 Å². The summed E-state index contributed by atoms with van der Waals surface area (Å²) in [6, 6.07) is 82.5. The first-order chi connectivity index (χ1) is 36.3. The van der Waals surface area contributed by atoms with Gasteiger partial charge in [-0.15, -0.1) is 0 Å². The third-order valence-electron chi connectivity index (χ3n) is 14.3. The van der Waals surface area contributed by atoms with Crippen LogP contribution in [0.25, 0.3) is 55.6 Å². The van der Waals surface area contributed by atoms with Crippen LogP contribution in [0, 0.1) is 13.8 Å². The summed E-state index contributed by atoms with van der Waals surface area (Å²) in [6.45, 7) is 5.09. The van der Waals surface area contributed by atoms with E-state index in [0.29, 0.717) is 24.7 Å². The van der Waals surface area contributed by atoms with Crippen molar-refractivity contribution in [3.8, 4) is 55.6 Å². The van der Waals surface area contributed by atoms with Crippen molar-refractivity contribution in [1.82, 2.24) is 0 Å². The normalized spacial score (nSPS) is 14.9. The number of hydrogen-bond donors (Lipinski definition) is 0. The highest BCUT2D eigenvalue weighted by Gasteiger charge is 2.21. The van der Waals surface area contributed by atoms with E-state index >= 15 is 0 Å². The van der Waals surface area contributed by atoms with Crippen LogP contribution in [0.15, 0.2) is 231 Å². The van der Waals surface area contributed by atoms with Gasteiger partial charge < -0.3 is 9.80 Å². The van der Waals surface area contributed by atoms with Crippen LogP contribution in [0.4, 0.5) is 34.1 Å². The van der Waals surface area contributed by atoms with Crippen LogP contribution < -0.4 is 9.80 Å². The molecule has 0 radical (unpaired) electrons. The number of hydrogen-bond acceptors (Lipinski definition) is 6. The second kappa shape index (κ2) is 20.5. The molecule has 362 valence electrons. The molecule has 10 aromatic carbocycles. The fraction of sp³-hybridized carbons (Fsp3) is 0.0909. The number of fused-ring (bicyclic) bond motifs is 2. The van der Waals surface area contributed by atoms with Crippen molar-refractivity contribution in [1.29, 1.82) is 0 Å². The quantitative estimate of drug-likeness (QED) is 0.129. The average Bonchev–Trinajstić information content (AvgIpc) is 3.44. The maximum absolute atomic E-state index is 12.0. The molecule has 2 aliphatic rings. The SMILES string of the molecule is Cc1cc(N(c2ccc(-c3ccc(N(c4ccc(-c5ccc6c(c5)COS(=O)C6)cc4)c4ccc(-c5ccccc5)c(C)c4)cc3)cc2)c2ccc(-c3ccc4c(c3)COS(=O)C4)cc2)ccc1-c1ccccc1. The molecule has 0 aliphatic carbocycles. The monoisotopic (exact) mass is 1000 g/mol. The number of aryl methyl sites for hydroxylation is 2. The maximum Gasteiger partial charge on any atom is 0.160 e. The number of benzene rings is 10. The largest absolute Gasteiger partial charge is 0.310 e. The fourth-order valence-electron chi connectivity index (χ4n) is 10.3. The Labute approximate surface area is 438 Å². The van der Waals surface area contributed by atoms with Crippen molar-refractivity contribution < 1.29 is 16.8 Å². The van der Waals surface area contributed by atoms with Gasteiger partial charge in [-0.05, 0) is 188 Å². The first kappa shape index (κ1) is 47.1. The zero-order valence-electron chi connectivity index (χ0n) is 41.1. The Kier molecular flexibility index (Phi) is 13.0. The molecule has 0 fully saturated rings. The standard InChI is InChI=1S/C66H52N2O4S2/c1-45-37-63(33-35-65(45)51-9-5-3-6-10-51)67(61-29-21-49(22-30-61)53-13-15-55-43-73(69)71-41-57(55)39-53)59-25-17-47(18-26-59)48-19-27-60(28-20-48)68(64-34-36-66(46(2)38-64)52-11-7-4-8-12-52)62-31-23-50(24-32-62)54-14-16-56-44-74(70)72-42-58(56)40-54/h3-40H,41-44H2,1-2H3. The Hall–Kier alpha value is -7.98. The van der Waals surface area contributed by atoms with Gasteiger partial charge in [0.05, 0.1) is 24.7 Å². The van der Waals surface area contributed by atoms with E-state index in [1.54, 1.807) is 0 Å². The molecule has 8 heteroatoms. The summed E-state index contributed by atoms with van der Waals surface area (Å²) in [5, 5.41) is 0. The lowest BCUT2D eigenvalue weighted by molar-refractivity contribution is 0.327. The van der Waals surface area contributed by atoms with Gasteiger partial charge in [-0.1, -0.05) is 146 Å². The van der Waals surface area contributed by atoms with Crippen molar-refractivity contribution in [2.45, 2.75) is 38.6 Å². The van der Waals surface area contributed by atoms with Gasteiger partial charge in [0, 0.05) is 34.1 Å². The van der Waals surface area contributed by atoms with Crippen LogP contribution >= 0.6 is 0 Å². The second-order valence-corrected chi connectivity index (χ2v) is 21.2. The zero-order valence-corrected chi connectivity index (χ0v) is 42.7. The Balaban J connectivity index is 0.861. The molecular formula is C66H52N2O4S2. The summed E-state index contributed by atoms with van der Waals surface area (Å²) in [5.41, 5.74) is 24.5. The second-order valence-electron chi connectivity index (χ2n) is 19.0. The molecule has 0 N–H and O–H groups in total. The number of anilines is 6. The summed E-state index contributed by atoms with van der Waals surface area (Å²) in [7, 11) is 0. The fourth-order valence-corrected chi connectivity index (χ4v) is 12.1. The predicted octanol–water partition coefficient (Wildman–Crippen LogP) is 17.0. The van der Waals surface area contributed by atoms with E-state index < -0.39 is 22.2 Å². The van der Waals surface area contributed by atoms with Gasteiger partial charge in [0.2, 0.25) is 0 Å². The van der Waals surface area contributed by atoms with Crippen molar-refractivity contribution in [2.75, 3.05) is 9.80 Å². The van der Waals surface area contributed by atoms with E-state index in [0.717, 1.165) is 89.8 Å². The molecule has 0 amide bonds. The summed E-state index contributed by atoms with van der Waals surface area (Å²) < 4.78 is 35.0. The van der Waals surface area contributed by atoms with Gasteiger partial charge in [0.1, 0.15) is 0 Å². The molecular weight excluding hydrogens is 949 g/mol. The van der Waals surface area contributed by atoms with Crippen LogP contribution in [0.1, 0.15) is 33.4 Å². The molecule has 0 spiro atoms. The Morgan fingerprint density at radius 3 is 0.959 bits per heavy atom. The smallest absolute Gasteiger partial charge is 0.160 e. The summed E-state index contributed by atoms with van der Waals surface area (Å²) in [5.74, 6) is 0.854. The van der Waals surface area contributed by atoms with Crippen molar-refractivity contribution in [3.63, 3.8) is 0 Å². The lowest BCUT2D eigenvalue weighted by atomic mass is 9.98. The minimum Gasteiger partial charge on any atom is -0.310 e. The molecule has 2 heterocycles. The summed E-state index contributed by atoms with van der Waals surface area (Å²) in [6.07, 6.45) is 0. The Morgan fingerprint density at radius 1 is 0.311 bits per heavy atom. The molecule has 0 saturated heterocycles. The van der Waals surface area contributed by atoms with E-state index in [2.05, 4.69) is 254 Å². The highest BCUT2D eigenvalue weighted by atomic mass is 32.2. The molecule has 2 unspecified atom stereocenters. The van der Waals surface area contributed by atoms with Crippen LogP contribution in [0.2, 0.25) is 0 Å². The van der Waals surface area contributed by atoms with E-state index in [4.69, 9.17) is 8.37 Å².